The number of likely N-dealkylation sites (tertiary alicyclic amines) is 1. The predicted octanol–water partition coefficient (Wildman–Crippen LogP) is 2.58. The third-order valence-corrected chi connectivity index (χ3v) is 4.15. The molecule has 0 amide bonds. The first-order chi connectivity index (χ1) is 9.72. The first-order valence-electron chi connectivity index (χ1n) is 7.15. The van der Waals surface area contributed by atoms with Crippen molar-refractivity contribution in [1.82, 2.24) is 14.3 Å². The Morgan fingerprint density at radius 1 is 1.50 bits per heavy atom. The lowest BCUT2D eigenvalue weighted by Gasteiger charge is -2.33. The van der Waals surface area contributed by atoms with Crippen molar-refractivity contribution in [2.45, 2.75) is 32.2 Å². The average molecular weight is 273 g/mol. The van der Waals surface area contributed by atoms with E-state index < -0.39 is 5.97 Å². The number of carboxylic acid groups (broad SMARTS) is 1. The second-order valence-corrected chi connectivity index (χ2v) is 5.24. The number of carbonyl (C=O) groups is 1. The van der Waals surface area contributed by atoms with Crippen molar-refractivity contribution in [2.24, 2.45) is 0 Å². The van der Waals surface area contributed by atoms with Crippen molar-refractivity contribution in [3.63, 3.8) is 0 Å². The molecule has 0 bridgehead atoms. The Bertz CT molecular complexity index is 635. The molecule has 106 valence electrons. The Morgan fingerprint density at radius 3 is 3.10 bits per heavy atom. The van der Waals surface area contributed by atoms with Gasteiger partial charge in [0.2, 0.25) is 0 Å². The van der Waals surface area contributed by atoms with Crippen molar-refractivity contribution in [3.05, 3.63) is 35.9 Å². The van der Waals surface area contributed by atoms with Gasteiger partial charge in [-0.1, -0.05) is 13.3 Å². The fraction of sp³-hybridized carbons (Fsp3) is 0.467. The number of nitrogens with zero attached hydrogens (tertiary/aromatic N) is 3. The molecule has 2 aromatic rings. The summed E-state index contributed by atoms with van der Waals surface area (Å²) in [6, 6.07) is 3.70. The summed E-state index contributed by atoms with van der Waals surface area (Å²) in [5.41, 5.74) is 0.988. The fourth-order valence-corrected chi connectivity index (χ4v) is 3.13. The monoisotopic (exact) mass is 273 g/mol. The second-order valence-electron chi connectivity index (χ2n) is 5.24. The molecule has 1 N–H and O–H groups in total. The van der Waals surface area contributed by atoms with Gasteiger partial charge in [0.1, 0.15) is 5.82 Å². The molecule has 0 aromatic carbocycles. The van der Waals surface area contributed by atoms with Gasteiger partial charge in [-0.15, -0.1) is 0 Å². The summed E-state index contributed by atoms with van der Waals surface area (Å²) in [4.78, 5) is 18.2. The minimum atomic E-state index is -0.905. The largest absolute Gasteiger partial charge is 0.478 e. The van der Waals surface area contributed by atoms with Gasteiger partial charge in [-0.05, 0) is 38.1 Å². The minimum Gasteiger partial charge on any atom is -0.478 e. The van der Waals surface area contributed by atoms with E-state index in [0.717, 1.165) is 25.3 Å². The van der Waals surface area contributed by atoms with Gasteiger partial charge in [0, 0.05) is 6.20 Å². The number of hydrogen-bond donors (Lipinski definition) is 1. The van der Waals surface area contributed by atoms with Gasteiger partial charge >= 0.3 is 5.97 Å². The predicted molar refractivity (Wildman–Crippen MR) is 76.0 cm³/mol. The number of fused-ring (bicyclic) bond motifs is 1. The maximum absolute atomic E-state index is 11.3. The molecule has 0 radical (unpaired) electrons. The van der Waals surface area contributed by atoms with Crippen molar-refractivity contribution in [1.29, 1.82) is 0 Å². The molecule has 1 unspecified atom stereocenters. The third-order valence-electron chi connectivity index (χ3n) is 4.15. The molecule has 3 rings (SSSR count). The van der Waals surface area contributed by atoms with Crippen molar-refractivity contribution in [3.8, 4) is 0 Å². The molecule has 20 heavy (non-hydrogen) atoms. The molecule has 0 aliphatic carbocycles. The van der Waals surface area contributed by atoms with E-state index in [1.54, 1.807) is 18.3 Å². The van der Waals surface area contributed by atoms with E-state index >= 15 is 0 Å². The molecule has 0 spiro atoms. The molecular formula is C15H19N3O2. The number of pyridine rings is 1. The Morgan fingerprint density at radius 2 is 2.35 bits per heavy atom. The van der Waals surface area contributed by atoms with Gasteiger partial charge in [-0.25, -0.2) is 9.78 Å². The molecule has 5 heteroatoms. The maximum atomic E-state index is 11.3. The van der Waals surface area contributed by atoms with Crippen LogP contribution in [0.4, 0.5) is 0 Å². The van der Waals surface area contributed by atoms with Crippen LogP contribution in [-0.2, 0) is 0 Å². The number of aromatic nitrogens is 2. The van der Waals surface area contributed by atoms with Gasteiger partial charge in [0.25, 0.3) is 0 Å². The molecule has 2 aromatic heterocycles. The Labute approximate surface area is 117 Å². The zero-order valence-corrected chi connectivity index (χ0v) is 11.6. The normalized spacial score (nSPS) is 20.4. The van der Waals surface area contributed by atoms with Crippen LogP contribution >= 0.6 is 0 Å². The highest BCUT2D eigenvalue weighted by Gasteiger charge is 2.26. The van der Waals surface area contributed by atoms with Crippen LogP contribution in [0, 0.1) is 0 Å². The Balaban J connectivity index is 2.08. The van der Waals surface area contributed by atoms with Crippen LogP contribution in [0.15, 0.2) is 24.5 Å². The summed E-state index contributed by atoms with van der Waals surface area (Å²) in [5.74, 6) is 0.0580. The maximum Gasteiger partial charge on any atom is 0.337 e. The first-order valence-corrected chi connectivity index (χ1v) is 7.15. The van der Waals surface area contributed by atoms with E-state index in [9.17, 15) is 9.90 Å². The van der Waals surface area contributed by atoms with E-state index in [1.807, 2.05) is 10.6 Å². The quantitative estimate of drug-likeness (QED) is 0.933. The number of carboxylic acids is 1. The fourth-order valence-electron chi connectivity index (χ4n) is 3.13. The van der Waals surface area contributed by atoms with Crippen molar-refractivity contribution >= 4 is 11.5 Å². The topological polar surface area (TPSA) is 57.8 Å². The lowest BCUT2D eigenvalue weighted by molar-refractivity contribution is 0.0698. The van der Waals surface area contributed by atoms with Crippen LogP contribution in [0.2, 0.25) is 0 Å². The van der Waals surface area contributed by atoms with Crippen LogP contribution in [0.5, 0.6) is 0 Å². The zero-order chi connectivity index (χ0) is 14.1. The summed E-state index contributed by atoms with van der Waals surface area (Å²) >= 11 is 0. The summed E-state index contributed by atoms with van der Waals surface area (Å²) in [6.45, 7) is 4.25. The van der Waals surface area contributed by atoms with E-state index in [2.05, 4.69) is 16.8 Å². The summed E-state index contributed by atoms with van der Waals surface area (Å²) < 4.78 is 1.93. The number of imidazole rings is 1. The van der Waals surface area contributed by atoms with E-state index in [1.165, 1.54) is 12.8 Å². The summed E-state index contributed by atoms with van der Waals surface area (Å²) in [7, 11) is 0. The van der Waals surface area contributed by atoms with Crippen molar-refractivity contribution < 1.29 is 9.90 Å². The van der Waals surface area contributed by atoms with E-state index in [4.69, 9.17) is 0 Å². The van der Waals surface area contributed by atoms with Crippen LogP contribution in [0.25, 0.3) is 5.52 Å². The number of aromatic carboxylic acids is 1. The molecule has 1 fully saturated rings. The molecule has 5 nitrogen and oxygen atoms in total. The lowest BCUT2D eigenvalue weighted by Crippen LogP contribution is -2.34. The first kappa shape index (κ1) is 13.1. The van der Waals surface area contributed by atoms with Crippen LogP contribution in [0.1, 0.15) is 48.4 Å². The third kappa shape index (κ3) is 2.08. The van der Waals surface area contributed by atoms with Gasteiger partial charge in [0.15, 0.2) is 0 Å². The lowest BCUT2D eigenvalue weighted by atomic mass is 10.0. The van der Waals surface area contributed by atoms with Gasteiger partial charge in [0.05, 0.1) is 23.3 Å². The average Bonchev–Trinajstić information content (AvgIpc) is 2.90. The molecule has 1 atom stereocenters. The van der Waals surface area contributed by atoms with Crippen molar-refractivity contribution in [2.75, 3.05) is 13.1 Å². The second kappa shape index (κ2) is 5.25. The zero-order valence-electron chi connectivity index (χ0n) is 11.6. The molecule has 0 saturated carbocycles. The molecule has 1 saturated heterocycles. The SMILES string of the molecule is CCN1CCCCC1c1ncc2c(C(=O)O)cccn12. The summed E-state index contributed by atoms with van der Waals surface area (Å²) in [6.07, 6.45) is 7.11. The minimum absolute atomic E-state index is 0.292. The molecular weight excluding hydrogens is 254 g/mol. The van der Waals surface area contributed by atoms with E-state index in [0.29, 0.717) is 17.1 Å². The van der Waals surface area contributed by atoms with Crippen LogP contribution in [-0.4, -0.2) is 38.4 Å². The Kier molecular flexibility index (Phi) is 3.44. The highest BCUT2D eigenvalue weighted by molar-refractivity contribution is 5.95. The smallest absolute Gasteiger partial charge is 0.337 e. The highest BCUT2D eigenvalue weighted by Crippen LogP contribution is 2.30. The standard InChI is InChI=1S/C15H19N3O2/c1-2-17-8-4-3-7-12(17)14-16-10-13-11(15(19)20)6-5-9-18(13)14/h5-6,9-10,12H,2-4,7-8H2,1H3,(H,19,20). The molecule has 3 heterocycles. The van der Waals surface area contributed by atoms with Gasteiger partial charge in [-0.2, -0.15) is 0 Å². The molecule has 1 aliphatic heterocycles. The Hall–Kier alpha value is -1.88. The molecule has 1 aliphatic rings. The van der Waals surface area contributed by atoms with Gasteiger partial charge < -0.3 is 9.51 Å². The number of rotatable bonds is 3. The van der Waals surface area contributed by atoms with E-state index in [-0.39, 0.29) is 0 Å². The summed E-state index contributed by atoms with van der Waals surface area (Å²) in [5, 5.41) is 9.25. The highest BCUT2D eigenvalue weighted by atomic mass is 16.4. The van der Waals surface area contributed by atoms with Gasteiger partial charge in [-0.3, -0.25) is 4.90 Å². The number of hydrogen-bond acceptors (Lipinski definition) is 3. The van der Waals surface area contributed by atoms with Crippen LogP contribution < -0.4 is 0 Å². The number of piperidine rings is 1. The van der Waals surface area contributed by atoms with Crippen LogP contribution in [0.3, 0.4) is 0 Å².